The van der Waals surface area contributed by atoms with E-state index in [2.05, 4.69) is 9.97 Å². The second kappa shape index (κ2) is 4.56. The molecule has 1 aliphatic rings. The maximum Gasteiger partial charge on any atom is 0.277 e. The van der Waals surface area contributed by atoms with Crippen LogP contribution in [0, 0.1) is 0 Å². The number of aromatic amines is 1. The summed E-state index contributed by atoms with van der Waals surface area (Å²) in [6.45, 7) is -0.427. The van der Waals surface area contributed by atoms with Gasteiger partial charge >= 0.3 is 0 Å². The minimum absolute atomic E-state index is 0.149. The molecule has 0 aromatic carbocycles. The van der Waals surface area contributed by atoms with E-state index in [-0.39, 0.29) is 11.3 Å². The highest BCUT2D eigenvalue weighted by Crippen LogP contribution is 2.31. The Morgan fingerprint density at radius 1 is 1.45 bits per heavy atom. The van der Waals surface area contributed by atoms with Crippen molar-refractivity contribution >= 4 is 16.9 Å². The van der Waals surface area contributed by atoms with Gasteiger partial charge in [-0.1, -0.05) is 0 Å². The minimum Gasteiger partial charge on any atom is -0.394 e. The van der Waals surface area contributed by atoms with Crippen molar-refractivity contribution in [3.63, 3.8) is 0 Å². The summed E-state index contributed by atoms with van der Waals surface area (Å²) in [5, 5.41) is 28.8. The molecule has 0 amide bonds. The number of rotatable bonds is 2. The smallest absolute Gasteiger partial charge is 0.277 e. The third-order valence-corrected chi connectivity index (χ3v) is 3.39. The van der Waals surface area contributed by atoms with Gasteiger partial charge in [-0.2, -0.15) is 0 Å². The highest BCUT2D eigenvalue weighted by Gasteiger charge is 2.43. The van der Waals surface area contributed by atoms with Crippen molar-refractivity contribution in [2.24, 2.45) is 0 Å². The SMILES string of the molecule is Nc1cc2c(ncn2C2O[C@H](CO)[C@@H](O)[C@@H]2O)c(=O)[nH]1. The second-order valence-electron chi connectivity index (χ2n) is 4.67. The number of nitrogens with two attached hydrogens (primary N) is 1. The molecule has 0 bridgehead atoms. The van der Waals surface area contributed by atoms with E-state index < -0.39 is 36.7 Å². The summed E-state index contributed by atoms with van der Waals surface area (Å²) in [5.41, 5.74) is 5.65. The van der Waals surface area contributed by atoms with E-state index >= 15 is 0 Å². The molecule has 1 unspecified atom stereocenters. The quantitative estimate of drug-likeness (QED) is 0.424. The number of aliphatic hydroxyl groups is 3. The molecule has 3 heterocycles. The van der Waals surface area contributed by atoms with Crippen molar-refractivity contribution in [2.45, 2.75) is 24.5 Å². The first-order valence-electron chi connectivity index (χ1n) is 6.00. The molecule has 3 rings (SSSR count). The normalized spacial score (nSPS) is 30.1. The van der Waals surface area contributed by atoms with Crippen LogP contribution in [-0.4, -0.2) is 54.8 Å². The lowest BCUT2D eigenvalue weighted by Crippen LogP contribution is -2.33. The molecular formula is C11H14N4O5. The maximum atomic E-state index is 11.7. The Balaban J connectivity index is 2.09. The van der Waals surface area contributed by atoms with Gasteiger partial charge in [-0.05, 0) is 0 Å². The van der Waals surface area contributed by atoms with Gasteiger partial charge in [0.2, 0.25) is 0 Å². The van der Waals surface area contributed by atoms with E-state index in [1.54, 1.807) is 0 Å². The van der Waals surface area contributed by atoms with Crippen molar-refractivity contribution < 1.29 is 20.1 Å². The number of ether oxygens (including phenoxy) is 1. The van der Waals surface area contributed by atoms with Crippen LogP contribution in [0.15, 0.2) is 17.2 Å². The zero-order chi connectivity index (χ0) is 14.4. The van der Waals surface area contributed by atoms with Gasteiger partial charge in [0.15, 0.2) is 11.7 Å². The Morgan fingerprint density at radius 3 is 2.85 bits per heavy atom. The fraction of sp³-hybridized carbons (Fsp3) is 0.455. The van der Waals surface area contributed by atoms with Gasteiger partial charge in [-0.15, -0.1) is 0 Å². The lowest BCUT2D eigenvalue weighted by molar-refractivity contribution is -0.0508. The van der Waals surface area contributed by atoms with Gasteiger partial charge in [-0.25, -0.2) is 4.98 Å². The van der Waals surface area contributed by atoms with Crippen LogP contribution in [0.1, 0.15) is 6.23 Å². The summed E-state index contributed by atoms with van der Waals surface area (Å²) in [5.74, 6) is 0.149. The summed E-state index contributed by atoms with van der Waals surface area (Å²) >= 11 is 0. The molecule has 9 heteroatoms. The standard InChI is InChI=1S/C11H14N4O5/c12-6-1-4-7(10(19)14-6)13-3-15(4)11-9(18)8(17)5(2-16)20-11/h1,3,5,8-9,11,16-18H,2H2,(H3,12,14,19)/t5-,8-,9+,11?/m1/s1. The Bertz CT molecular complexity index is 696. The zero-order valence-electron chi connectivity index (χ0n) is 10.3. The number of imidazole rings is 1. The Hall–Kier alpha value is -1.94. The second-order valence-corrected chi connectivity index (χ2v) is 4.67. The van der Waals surface area contributed by atoms with E-state index in [4.69, 9.17) is 15.6 Å². The predicted octanol–water partition coefficient (Wildman–Crippen LogP) is -2.08. The van der Waals surface area contributed by atoms with Crippen LogP contribution >= 0.6 is 0 Å². The molecule has 6 N–H and O–H groups in total. The number of fused-ring (bicyclic) bond motifs is 1. The summed E-state index contributed by atoms with van der Waals surface area (Å²) < 4.78 is 6.79. The molecular weight excluding hydrogens is 268 g/mol. The van der Waals surface area contributed by atoms with Crippen LogP contribution in [0.4, 0.5) is 5.82 Å². The van der Waals surface area contributed by atoms with Gasteiger partial charge in [0.05, 0.1) is 18.5 Å². The third kappa shape index (κ3) is 1.79. The molecule has 2 aromatic rings. The lowest BCUT2D eigenvalue weighted by atomic mass is 10.1. The fourth-order valence-corrected chi connectivity index (χ4v) is 2.37. The van der Waals surface area contributed by atoms with Gasteiger partial charge in [0, 0.05) is 6.07 Å². The largest absolute Gasteiger partial charge is 0.394 e. The van der Waals surface area contributed by atoms with Crippen molar-refractivity contribution in [1.29, 1.82) is 0 Å². The van der Waals surface area contributed by atoms with E-state index in [1.807, 2.05) is 0 Å². The Kier molecular flexibility index (Phi) is 2.98. The summed E-state index contributed by atoms with van der Waals surface area (Å²) in [6.07, 6.45) is -2.99. The average molecular weight is 282 g/mol. The number of anilines is 1. The summed E-state index contributed by atoms with van der Waals surface area (Å²) in [6, 6.07) is 1.48. The highest BCUT2D eigenvalue weighted by atomic mass is 16.6. The summed E-state index contributed by atoms with van der Waals surface area (Å²) in [4.78, 5) is 18.0. The Labute approximate surface area is 112 Å². The number of aromatic nitrogens is 3. The molecule has 108 valence electrons. The molecule has 4 atom stereocenters. The highest BCUT2D eigenvalue weighted by molar-refractivity contribution is 5.76. The van der Waals surface area contributed by atoms with Gasteiger partial charge in [0.25, 0.3) is 5.56 Å². The minimum atomic E-state index is -1.25. The molecule has 1 saturated heterocycles. The first-order chi connectivity index (χ1) is 9.52. The average Bonchev–Trinajstić information content (AvgIpc) is 2.93. The lowest BCUT2D eigenvalue weighted by Gasteiger charge is -2.17. The maximum absolute atomic E-state index is 11.7. The van der Waals surface area contributed by atoms with E-state index in [9.17, 15) is 15.0 Å². The fourth-order valence-electron chi connectivity index (χ4n) is 2.37. The van der Waals surface area contributed by atoms with Crippen LogP contribution < -0.4 is 11.3 Å². The number of pyridine rings is 1. The summed E-state index contributed by atoms with van der Waals surface area (Å²) in [7, 11) is 0. The van der Waals surface area contributed by atoms with E-state index in [1.165, 1.54) is 17.0 Å². The van der Waals surface area contributed by atoms with Crippen LogP contribution in [0.3, 0.4) is 0 Å². The van der Waals surface area contributed by atoms with Crippen LogP contribution in [0.5, 0.6) is 0 Å². The van der Waals surface area contributed by atoms with Crippen molar-refractivity contribution in [2.75, 3.05) is 12.3 Å². The van der Waals surface area contributed by atoms with Crippen LogP contribution in [0.2, 0.25) is 0 Å². The Morgan fingerprint density at radius 2 is 2.20 bits per heavy atom. The number of nitrogens with zero attached hydrogens (tertiary/aromatic N) is 2. The van der Waals surface area contributed by atoms with Crippen LogP contribution in [0.25, 0.3) is 11.0 Å². The molecule has 20 heavy (non-hydrogen) atoms. The number of hydrogen-bond donors (Lipinski definition) is 5. The monoisotopic (exact) mass is 282 g/mol. The van der Waals surface area contributed by atoms with Gasteiger partial charge in [-0.3, -0.25) is 4.79 Å². The number of aliphatic hydroxyl groups excluding tert-OH is 3. The first kappa shape index (κ1) is 13.1. The van der Waals surface area contributed by atoms with Crippen molar-refractivity contribution in [3.8, 4) is 0 Å². The molecule has 0 radical (unpaired) electrons. The zero-order valence-corrected chi connectivity index (χ0v) is 10.3. The molecule has 1 fully saturated rings. The molecule has 2 aromatic heterocycles. The third-order valence-electron chi connectivity index (χ3n) is 3.39. The van der Waals surface area contributed by atoms with Gasteiger partial charge < -0.3 is 35.3 Å². The predicted molar refractivity (Wildman–Crippen MR) is 67.8 cm³/mol. The van der Waals surface area contributed by atoms with E-state index in [0.29, 0.717) is 5.52 Å². The van der Waals surface area contributed by atoms with E-state index in [0.717, 1.165) is 0 Å². The molecule has 0 spiro atoms. The molecule has 1 aliphatic heterocycles. The number of nitrogens with one attached hydrogen (secondary N) is 1. The van der Waals surface area contributed by atoms with Crippen molar-refractivity contribution in [1.82, 2.24) is 14.5 Å². The molecule has 0 aliphatic carbocycles. The number of nitrogen functional groups attached to an aromatic ring is 1. The molecule has 0 saturated carbocycles. The first-order valence-corrected chi connectivity index (χ1v) is 6.00. The van der Waals surface area contributed by atoms with Crippen LogP contribution in [-0.2, 0) is 4.74 Å². The number of hydrogen-bond acceptors (Lipinski definition) is 7. The van der Waals surface area contributed by atoms with Gasteiger partial charge in [0.1, 0.15) is 24.1 Å². The topological polar surface area (TPSA) is 147 Å². The number of H-pyrrole nitrogens is 1. The van der Waals surface area contributed by atoms with Crippen molar-refractivity contribution in [3.05, 3.63) is 22.7 Å². The molecule has 9 nitrogen and oxygen atoms in total.